The van der Waals surface area contributed by atoms with Gasteiger partial charge in [0, 0.05) is 37.1 Å². The van der Waals surface area contributed by atoms with E-state index in [9.17, 15) is 4.79 Å². The molecule has 3 heterocycles. The van der Waals surface area contributed by atoms with Crippen LogP contribution in [0.4, 0.5) is 5.82 Å². The molecule has 4 rings (SSSR count). The number of hydrogen-bond acceptors (Lipinski definition) is 3. The number of aromatic nitrogens is 3. The van der Waals surface area contributed by atoms with Gasteiger partial charge < -0.3 is 9.88 Å². The van der Waals surface area contributed by atoms with E-state index in [4.69, 9.17) is 0 Å². The lowest BCUT2D eigenvalue weighted by Crippen LogP contribution is -2.18. The van der Waals surface area contributed by atoms with Gasteiger partial charge in [-0.15, -0.1) is 0 Å². The summed E-state index contributed by atoms with van der Waals surface area (Å²) >= 11 is 0. The van der Waals surface area contributed by atoms with E-state index in [-0.39, 0.29) is 5.56 Å². The van der Waals surface area contributed by atoms with Crippen molar-refractivity contribution in [1.29, 1.82) is 0 Å². The van der Waals surface area contributed by atoms with Crippen molar-refractivity contribution in [3.63, 3.8) is 0 Å². The Morgan fingerprint density at radius 1 is 1.20 bits per heavy atom. The van der Waals surface area contributed by atoms with E-state index in [0.717, 1.165) is 40.6 Å². The number of anilines is 1. The number of rotatable bonds is 4. The molecule has 3 aromatic heterocycles. The van der Waals surface area contributed by atoms with Crippen molar-refractivity contribution >= 4 is 11.5 Å². The zero-order valence-corrected chi connectivity index (χ0v) is 14.8. The average Bonchev–Trinajstić information content (AvgIpc) is 3.26. The predicted octanol–water partition coefficient (Wildman–Crippen LogP) is 3.61. The molecule has 0 aromatic carbocycles. The van der Waals surface area contributed by atoms with Crippen molar-refractivity contribution < 1.29 is 0 Å². The van der Waals surface area contributed by atoms with E-state index in [0.29, 0.717) is 0 Å². The van der Waals surface area contributed by atoms with Crippen LogP contribution in [0.5, 0.6) is 0 Å². The zero-order chi connectivity index (χ0) is 17.4. The number of pyridine rings is 2. The van der Waals surface area contributed by atoms with Crippen LogP contribution in [0.15, 0.2) is 41.6 Å². The molecule has 0 bridgehead atoms. The summed E-state index contributed by atoms with van der Waals surface area (Å²) in [5.74, 6) is 1.81. The Balaban J connectivity index is 1.67. The van der Waals surface area contributed by atoms with Gasteiger partial charge in [0.25, 0.3) is 5.56 Å². The number of nitrogens with one attached hydrogen (secondary N) is 1. The van der Waals surface area contributed by atoms with Crippen molar-refractivity contribution in [2.45, 2.75) is 32.6 Å². The molecule has 25 heavy (non-hydrogen) atoms. The van der Waals surface area contributed by atoms with Crippen LogP contribution in [-0.4, -0.2) is 20.5 Å². The first-order chi connectivity index (χ1) is 12.1. The molecule has 1 aliphatic carbocycles. The summed E-state index contributed by atoms with van der Waals surface area (Å²) in [6.45, 7) is 2.87. The molecule has 1 N–H and O–H groups in total. The zero-order valence-electron chi connectivity index (χ0n) is 14.8. The van der Waals surface area contributed by atoms with Gasteiger partial charge >= 0.3 is 0 Å². The van der Waals surface area contributed by atoms with Gasteiger partial charge in [-0.25, -0.2) is 4.98 Å². The largest absolute Gasteiger partial charge is 0.370 e. The number of nitrogens with zero attached hydrogens (tertiary/aromatic N) is 3. The van der Waals surface area contributed by atoms with E-state index in [1.807, 2.05) is 31.5 Å². The fourth-order valence-corrected chi connectivity index (χ4v) is 3.78. The molecular weight excluding hydrogens is 312 g/mol. The average molecular weight is 336 g/mol. The summed E-state index contributed by atoms with van der Waals surface area (Å²) in [6.07, 6.45) is 11.3. The topological polar surface area (TPSA) is 51.3 Å². The van der Waals surface area contributed by atoms with Crippen LogP contribution in [0.25, 0.3) is 16.8 Å². The molecule has 3 aromatic rings. The maximum Gasteiger partial charge on any atom is 0.253 e. The molecule has 5 heteroatoms. The van der Waals surface area contributed by atoms with E-state index in [1.165, 1.54) is 25.7 Å². The predicted molar refractivity (Wildman–Crippen MR) is 101 cm³/mol. The maximum absolute atomic E-state index is 11.9. The van der Waals surface area contributed by atoms with Crippen LogP contribution in [0.1, 0.15) is 31.2 Å². The van der Waals surface area contributed by atoms with Gasteiger partial charge in [-0.05, 0) is 49.4 Å². The second-order valence-electron chi connectivity index (χ2n) is 7.15. The minimum Gasteiger partial charge on any atom is -0.370 e. The van der Waals surface area contributed by atoms with Gasteiger partial charge in [0.1, 0.15) is 11.5 Å². The SMILES string of the molecule is Cc1cc(-c2ccc3ncc(NCC4CCCC4)n3c2)cn(C)c1=O. The Morgan fingerprint density at radius 3 is 2.76 bits per heavy atom. The molecule has 0 radical (unpaired) electrons. The Bertz CT molecular complexity index is 937. The van der Waals surface area contributed by atoms with Crippen molar-refractivity contribution in [1.82, 2.24) is 14.0 Å². The summed E-state index contributed by atoms with van der Waals surface area (Å²) in [5, 5.41) is 3.57. The van der Waals surface area contributed by atoms with Gasteiger partial charge in [0.2, 0.25) is 0 Å². The highest BCUT2D eigenvalue weighted by molar-refractivity contribution is 5.66. The number of fused-ring (bicyclic) bond motifs is 1. The van der Waals surface area contributed by atoms with E-state index in [1.54, 1.807) is 11.6 Å². The Kier molecular flexibility index (Phi) is 4.07. The molecule has 0 unspecified atom stereocenters. The lowest BCUT2D eigenvalue weighted by molar-refractivity contribution is 0.578. The highest BCUT2D eigenvalue weighted by atomic mass is 16.1. The van der Waals surface area contributed by atoms with E-state index < -0.39 is 0 Å². The normalized spacial score (nSPS) is 15.1. The van der Waals surface area contributed by atoms with Crippen molar-refractivity contribution in [3.8, 4) is 11.1 Å². The number of hydrogen-bond donors (Lipinski definition) is 1. The number of imidazole rings is 1. The summed E-state index contributed by atoms with van der Waals surface area (Å²) < 4.78 is 3.74. The Labute approximate surface area is 147 Å². The standard InChI is InChI=1S/C20H24N4O/c1-14-9-17(12-23(2)20(14)25)16-7-8-18-22-11-19(24(18)13-16)21-10-15-5-3-4-6-15/h7-9,11-13,15,21H,3-6,10H2,1-2H3. The Hall–Kier alpha value is -2.56. The molecule has 0 spiro atoms. The third-order valence-corrected chi connectivity index (χ3v) is 5.25. The number of aryl methyl sites for hydroxylation is 2. The fourth-order valence-electron chi connectivity index (χ4n) is 3.78. The smallest absolute Gasteiger partial charge is 0.253 e. The Morgan fingerprint density at radius 2 is 2.00 bits per heavy atom. The van der Waals surface area contributed by atoms with Crippen LogP contribution in [0.2, 0.25) is 0 Å². The van der Waals surface area contributed by atoms with Crippen LogP contribution in [0.3, 0.4) is 0 Å². The molecule has 0 amide bonds. The highest BCUT2D eigenvalue weighted by Gasteiger charge is 2.15. The quantitative estimate of drug-likeness (QED) is 0.792. The van der Waals surface area contributed by atoms with Gasteiger partial charge in [-0.2, -0.15) is 0 Å². The summed E-state index contributed by atoms with van der Waals surface area (Å²) in [5.41, 5.74) is 3.85. The third-order valence-electron chi connectivity index (χ3n) is 5.25. The minimum atomic E-state index is 0.0476. The molecule has 5 nitrogen and oxygen atoms in total. The maximum atomic E-state index is 11.9. The second kappa shape index (κ2) is 6.39. The molecular formula is C20H24N4O. The first kappa shape index (κ1) is 15.9. The molecule has 0 saturated heterocycles. The molecule has 0 aliphatic heterocycles. The van der Waals surface area contributed by atoms with Gasteiger partial charge in [0.05, 0.1) is 6.20 Å². The first-order valence-corrected chi connectivity index (χ1v) is 9.00. The monoisotopic (exact) mass is 336 g/mol. The molecule has 1 aliphatic rings. The summed E-state index contributed by atoms with van der Waals surface area (Å²) in [7, 11) is 1.79. The molecule has 1 saturated carbocycles. The van der Waals surface area contributed by atoms with Crippen LogP contribution >= 0.6 is 0 Å². The highest BCUT2D eigenvalue weighted by Crippen LogP contribution is 2.26. The third kappa shape index (κ3) is 3.06. The van der Waals surface area contributed by atoms with E-state index in [2.05, 4.69) is 27.0 Å². The lowest BCUT2D eigenvalue weighted by atomic mass is 10.1. The molecule has 130 valence electrons. The first-order valence-electron chi connectivity index (χ1n) is 9.00. The summed E-state index contributed by atoms with van der Waals surface area (Å²) in [4.78, 5) is 16.4. The van der Waals surface area contributed by atoms with Crippen LogP contribution in [-0.2, 0) is 7.05 Å². The second-order valence-corrected chi connectivity index (χ2v) is 7.15. The molecule has 0 atom stereocenters. The van der Waals surface area contributed by atoms with Crippen molar-refractivity contribution in [2.75, 3.05) is 11.9 Å². The fraction of sp³-hybridized carbons (Fsp3) is 0.400. The van der Waals surface area contributed by atoms with Gasteiger partial charge in [-0.3, -0.25) is 9.20 Å². The lowest BCUT2D eigenvalue weighted by Gasteiger charge is -2.12. The van der Waals surface area contributed by atoms with Crippen molar-refractivity contribution in [3.05, 3.63) is 52.7 Å². The molecule has 1 fully saturated rings. The van der Waals surface area contributed by atoms with Gasteiger partial charge in [0.15, 0.2) is 0 Å². The van der Waals surface area contributed by atoms with Crippen LogP contribution in [0, 0.1) is 12.8 Å². The van der Waals surface area contributed by atoms with Crippen LogP contribution < -0.4 is 10.9 Å². The van der Waals surface area contributed by atoms with E-state index >= 15 is 0 Å². The minimum absolute atomic E-state index is 0.0476. The van der Waals surface area contributed by atoms with Crippen molar-refractivity contribution in [2.24, 2.45) is 13.0 Å². The van der Waals surface area contributed by atoms with Gasteiger partial charge in [-0.1, -0.05) is 12.8 Å². The summed E-state index contributed by atoms with van der Waals surface area (Å²) in [6, 6.07) is 6.03.